The fourth-order valence-corrected chi connectivity index (χ4v) is 2.01. The molecule has 0 unspecified atom stereocenters. The minimum atomic E-state index is 0. The maximum Gasteiger partial charge on any atom is 0.224 e. The van der Waals surface area contributed by atoms with E-state index in [4.69, 9.17) is 0 Å². The number of benzene rings is 1. The topological polar surface area (TPSA) is 55.1 Å². The fourth-order valence-electron chi connectivity index (χ4n) is 2.01. The highest BCUT2D eigenvalue weighted by Gasteiger charge is 2.06. The molecule has 0 fully saturated rings. The van der Waals surface area contributed by atoms with E-state index in [0.29, 0.717) is 5.95 Å². The number of para-hydroxylation sites is 2. The molecular weight excluding hydrogens is 286 g/mol. The van der Waals surface area contributed by atoms with Gasteiger partial charge < -0.3 is 4.57 Å². The Morgan fingerprint density at radius 3 is 2.62 bits per heavy atom. The zero-order valence-electron chi connectivity index (χ0n) is 11.8. The molecule has 2 aromatic heterocycles. The first-order valence-electron chi connectivity index (χ1n) is 6.39. The number of hydrazone groups is 1. The van der Waals surface area contributed by atoms with Crippen LogP contribution in [0.3, 0.4) is 0 Å². The van der Waals surface area contributed by atoms with E-state index < -0.39 is 0 Å². The summed E-state index contributed by atoms with van der Waals surface area (Å²) in [6.07, 6.45) is 1.75. The summed E-state index contributed by atoms with van der Waals surface area (Å²) < 4.78 is 1.98. The van der Waals surface area contributed by atoms with Crippen LogP contribution in [0.25, 0.3) is 11.0 Å². The first kappa shape index (κ1) is 15.0. The molecule has 0 saturated heterocycles. The number of halogens is 1. The summed E-state index contributed by atoms with van der Waals surface area (Å²) in [7, 11) is 1.96. The van der Waals surface area contributed by atoms with Crippen molar-refractivity contribution in [1.82, 2.24) is 14.5 Å². The average Bonchev–Trinajstić information content (AvgIpc) is 2.83. The molecule has 3 rings (SSSR count). The van der Waals surface area contributed by atoms with Crippen LogP contribution in [0.2, 0.25) is 0 Å². The molecule has 5 nitrogen and oxygen atoms in total. The lowest BCUT2D eigenvalue weighted by molar-refractivity contribution is 0.942. The second-order valence-electron chi connectivity index (χ2n) is 4.51. The first-order valence-corrected chi connectivity index (χ1v) is 6.39. The van der Waals surface area contributed by atoms with Gasteiger partial charge in [-0.2, -0.15) is 5.10 Å². The maximum absolute atomic E-state index is 4.50. The molecule has 0 saturated carbocycles. The molecule has 6 heteroatoms. The average molecular weight is 302 g/mol. The van der Waals surface area contributed by atoms with Crippen LogP contribution < -0.4 is 5.43 Å². The number of fused-ring (bicyclic) bond motifs is 1. The Hall–Kier alpha value is -2.40. The zero-order chi connectivity index (χ0) is 13.9. The van der Waals surface area contributed by atoms with Gasteiger partial charge in [0.05, 0.1) is 22.4 Å². The van der Waals surface area contributed by atoms with E-state index in [2.05, 4.69) is 20.5 Å². The van der Waals surface area contributed by atoms with Gasteiger partial charge in [0.15, 0.2) is 0 Å². The summed E-state index contributed by atoms with van der Waals surface area (Å²) in [5.41, 5.74) is 6.68. The van der Waals surface area contributed by atoms with Crippen molar-refractivity contribution in [3.63, 3.8) is 0 Å². The van der Waals surface area contributed by atoms with Crippen molar-refractivity contribution in [2.75, 3.05) is 5.43 Å². The molecule has 0 aliphatic rings. The van der Waals surface area contributed by atoms with Crippen molar-refractivity contribution < 1.29 is 0 Å². The van der Waals surface area contributed by atoms with Crippen LogP contribution in [0.4, 0.5) is 5.95 Å². The Morgan fingerprint density at radius 1 is 1.14 bits per heavy atom. The number of imidazole rings is 1. The molecule has 0 aliphatic heterocycles. The van der Waals surface area contributed by atoms with E-state index in [1.165, 1.54) is 0 Å². The van der Waals surface area contributed by atoms with Gasteiger partial charge in [-0.15, -0.1) is 12.4 Å². The zero-order valence-corrected chi connectivity index (χ0v) is 12.6. The number of nitrogens with one attached hydrogen (secondary N) is 1. The van der Waals surface area contributed by atoms with Gasteiger partial charge in [0.1, 0.15) is 0 Å². The molecule has 0 atom stereocenters. The summed E-state index contributed by atoms with van der Waals surface area (Å²) in [6, 6.07) is 13.7. The van der Waals surface area contributed by atoms with E-state index in [0.717, 1.165) is 22.4 Å². The van der Waals surface area contributed by atoms with Gasteiger partial charge in [-0.3, -0.25) is 4.98 Å². The minimum absolute atomic E-state index is 0. The van der Waals surface area contributed by atoms with Crippen LogP contribution in [0.1, 0.15) is 12.6 Å². The molecule has 0 amide bonds. The largest absolute Gasteiger partial charge is 0.312 e. The molecule has 108 valence electrons. The Morgan fingerprint density at radius 2 is 1.90 bits per heavy atom. The highest BCUT2D eigenvalue weighted by molar-refractivity contribution is 5.97. The number of nitrogens with zero attached hydrogens (tertiary/aromatic N) is 4. The van der Waals surface area contributed by atoms with Crippen LogP contribution in [0.5, 0.6) is 0 Å². The van der Waals surface area contributed by atoms with Gasteiger partial charge in [-0.25, -0.2) is 10.4 Å². The number of pyridine rings is 1. The predicted molar refractivity (Wildman–Crippen MR) is 88.0 cm³/mol. The van der Waals surface area contributed by atoms with Crippen molar-refractivity contribution in [1.29, 1.82) is 0 Å². The molecule has 3 aromatic rings. The van der Waals surface area contributed by atoms with Crippen LogP contribution in [-0.4, -0.2) is 20.2 Å². The van der Waals surface area contributed by atoms with Crippen LogP contribution >= 0.6 is 12.4 Å². The smallest absolute Gasteiger partial charge is 0.224 e. The van der Waals surface area contributed by atoms with Gasteiger partial charge in [0.2, 0.25) is 5.95 Å². The van der Waals surface area contributed by atoms with Crippen molar-refractivity contribution in [2.45, 2.75) is 6.92 Å². The van der Waals surface area contributed by atoms with E-state index in [1.807, 2.05) is 61.0 Å². The third kappa shape index (κ3) is 3.03. The monoisotopic (exact) mass is 301 g/mol. The molecule has 1 aromatic carbocycles. The van der Waals surface area contributed by atoms with Crippen LogP contribution in [0, 0.1) is 0 Å². The molecular formula is C15H16ClN5. The SMILES string of the molecule is C/C(=N/Nc1nc2ccccc2n1C)c1ccccn1.Cl. The predicted octanol–water partition coefficient (Wildman–Crippen LogP) is 3.23. The maximum atomic E-state index is 4.50. The number of hydrogen-bond acceptors (Lipinski definition) is 4. The normalized spacial score (nSPS) is 11.2. The van der Waals surface area contributed by atoms with Gasteiger partial charge in [0, 0.05) is 13.2 Å². The second-order valence-corrected chi connectivity index (χ2v) is 4.51. The van der Waals surface area contributed by atoms with E-state index >= 15 is 0 Å². The van der Waals surface area contributed by atoms with Crippen molar-refractivity contribution in [2.24, 2.45) is 12.1 Å². The van der Waals surface area contributed by atoms with Crippen molar-refractivity contribution >= 4 is 35.1 Å². The highest BCUT2D eigenvalue weighted by atomic mass is 35.5. The second kappa shape index (κ2) is 6.37. The van der Waals surface area contributed by atoms with E-state index in [-0.39, 0.29) is 12.4 Å². The number of hydrogen-bond donors (Lipinski definition) is 1. The lowest BCUT2D eigenvalue weighted by Gasteiger charge is -2.03. The van der Waals surface area contributed by atoms with Crippen molar-refractivity contribution in [3.8, 4) is 0 Å². The first-order chi connectivity index (χ1) is 9.75. The van der Waals surface area contributed by atoms with Gasteiger partial charge in [-0.1, -0.05) is 18.2 Å². The summed E-state index contributed by atoms with van der Waals surface area (Å²) in [5, 5.41) is 4.34. The Balaban J connectivity index is 0.00000161. The number of rotatable bonds is 3. The lowest BCUT2D eigenvalue weighted by atomic mass is 10.3. The van der Waals surface area contributed by atoms with Gasteiger partial charge >= 0.3 is 0 Å². The Labute approximate surface area is 129 Å². The van der Waals surface area contributed by atoms with E-state index in [9.17, 15) is 0 Å². The molecule has 0 radical (unpaired) electrons. The fraction of sp³-hybridized carbons (Fsp3) is 0.133. The number of aryl methyl sites for hydroxylation is 1. The number of anilines is 1. The molecule has 1 N–H and O–H groups in total. The van der Waals surface area contributed by atoms with Crippen LogP contribution in [0.15, 0.2) is 53.8 Å². The lowest BCUT2D eigenvalue weighted by Crippen LogP contribution is -2.04. The minimum Gasteiger partial charge on any atom is -0.312 e. The quantitative estimate of drug-likeness (QED) is 0.597. The Kier molecular flexibility index (Phi) is 4.55. The van der Waals surface area contributed by atoms with E-state index in [1.54, 1.807) is 6.20 Å². The molecule has 21 heavy (non-hydrogen) atoms. The third-order valence-electron chi connectivity index (χ3n) is 3.15. The molecule has 0 spiro atoms. The molecule has 2 heterocycles. The highest BCUT2D eigenvalue weighted by Crippen LogP contribution is 2.17. The summed E-state index contributed by atoms with van der Waals surface area (Å²) >= 11 is 0. The van der Waals surface area contributed by atoms with Gasteiger partial charge in [0.25, 0.3) is 0 Å². The molecule has 0 bridgehead atoms. The standard InChI is InChI=1S/C15H15N5.ClH/c1-11(12-7-5-6-10-16-12)18-19-15-17-13-8-3-4-9-14(13)20(15)2;/h3-10H,1-2H3,(H,17,19);1H/b18-11-;. The number of aromatic nitrogens is 3. The van der Waals surface area contributed by atoms with Crippen LogP contribution in [-0.2, 0) is 7.05 Å². The molecule has 0 aliphatic carbocycles. The summed E-state index contributed by atoms with van der Waals surface area (Å²) in [4.78, 5) is 8.76. The Bertz CT molecular complexity index is 764. The summed E-state index contributed by atoms with van der Waals surface area (Å²) in [5.74, 6) is 0.710. The van der Waals surface area contributed by atoms with Gasteiger partial charge in [-0.05, 0) is 31.2 Å². The third-order valence-corrected chi connectivity index (χ3v) is 3.15. The summed E-state index contributed by atoms with van der Waals surface area (Å²) in [6.45, 7) is 1.91. The van der Waals surface area contributed by atoms with Crippen molar-refractivity contribution in [3.05, 3.63) is 54.4 Å².